The van der Waals surface area contributed by atoms with Crippen molar-refractivity contribution >= 4 is 29.2 Å². The molecule has 1 amide bonds. The molecule has 0 saturated heterocycles. The summed E-state index contributed by atoms with van der Waals surface area (Å²) < 4.78 is 13.9. The van der Waals surface area contributed by atoms with Crippen LogP contribution in [0.4, 0.5) is 11.4 Å². The van der Waals surface area contributed by atoms with E-state index in [4.69, 9.17) is 20.7 Å². The summed E-state index contributed by atoms with van der Waals surface area (Å²) in [4.78, 5) is 14.4. The second-order valence-corrected chi connectivity index (χ2v) is 13.4. The molecule has 1 aromatic heterocycles. The number of anilines is 2. The van der Waals surface area contributed by atoms with Crippen LogP contribution in [0.1, 0.15) is 85.1 Å². The summed E-state index contributed by atoms with van der Waals surface area (Å²) in [7, 11) is 0. The largest absolute Gasteiger partial charge is 0.488 e. The van der Waals surface area contributed by atoms with Crippen LogP contribution in [0, 0.1) is 13.8 Å². The average molecular weight is 644 g/mol. The van der Waals surface area contributed by atoms with Crippen LogP contribution in [0.5, 0.6) is 0 Å². The van der Waals surface area contributed by atoms with E-state index >= 15 is 0 Å². The molecule has 1 aliphatic rings. The number of hydrogen-bond acceptors (Lipinski definition) is 8. The highest BCUT2D eigenvalue weighted by molar-refractivity contribution is 8.01. The van der Waals surface area contributed by atoms with Crippen molar-refractivity contribution in [2.45, 2.75) is 79.0 Å². The molecule has 4 rings (SSSR count). The monoisotopic (exact) mass is 643 g/mol. The lowest BCUT2D eigenvalue weighted by Gasteiger charge is -2.38. The minimum absolute atomic E-state index is 0.0545. The van der Waals surface area contributed by atoms with E-state index < -0.39 is 5.54 Å². The van der Waals surface area contributed by atoms with Crippen molar-refractivity contribution in [3.8, 4) is 0 Å². The molecule has 246 valence electrons. The van der Waals surface area contributed by atoms with E-state index in [9.17, 15) is 4.79 Å². The lowest BCUT2D eigenvalue weighted by Crippen LogP contribution is -2.48. The predicted octanol–water partition coefficient (Wildman–Crippen LogP) is 7.75. The number of hydrogen-bond donors (Lipinski definition) is 3. The number of amides is 1. The summed E-state index contributed by atoms with van der Waals surface area (Å²) in [5.74, 6) is 6.68. The number of nitrogens with zero attached hydrogens (tertiary/aromatic N) is 2. The number of nitrogens with two attached hydrogens (primary N) is 2. The zero-order valence-electron chi connectivity index (χ0n) is 28.2. The summed E-state index contributed by atoms with van der Waals surface area (Å²) in [6, 6.07) is 12.3. The van der Waals surface area contributed by atoms with Gasteiger partial charge in [-0.2, -0.15) is 0 Å². The highest BCUT2D eigenvalue weighted by Gasteiger charge is 2.36. The molecule has 1 aliphatic heterocycles. The Balaban J connectivity index is 1.79. The molecule has 0 fully saturated rings. The first kappa shape index (κ1) is 34.9. The van der Waals surface area contributed by atoms with E-state index in [1.54, 1.807) is 23.0 Å². The molecular formula is C37H49N5O3S. The van der Waals surface area contributed by atoms with Crippen LogP contribution in [0.15, 0.2) is 88.8 Å². The number of carbonyl (C=O) groups excluding carboxylic acids is 1. The normalized spacial score (nSPS) is 16.7. The number of furan rings is 1. The Labute approximate surface area is 278 Å². The van der Waals surface area contributed by atoms with Crippen molar-refractivity contribution in [3.63, 3.8) is 0 Å². The van der Waals surface area contributed by atoms with Gasteiger partial charge in [0.05, 0.1) is 28.1 Å². The molecule has 0 radical (unpaired) electrons. The molecule has 3 aromatic rings. The van der Waals surface area contributed by atoms with Crippen molar-refractivity contribution in [2.24, 2.45) is 5.84 Å². The van der Waals surface area contributed by atoms with Crippen LogP contribution >= 0.6 is 11.9 Å². The zero-order chi connectivity index (χ0) is 33.6. The highest BCUT2D eigenvalue weighted by atomic mass is 32.2. The third kappa shape index (κ3) is 7.71. The van der Waals surface area contributed by atoms with Crippen molar-refractivity contribution in [1.82, 2.24) is 9.62 Å². The topological polar surface area (TPSA) is 110 Å². The standard InChI is InChI=1S/C37H49N5O3S/c1-9-13-32-33(11-3)46-41(22-29(10-2)45-32)21-28-20-26(15-14-24(28)5)34(37(7,8)40-36(43)27-18-19-44-23-27)30-16-17-31(42(39)12-4)35(38)25(30)6/h9,11,13-20,23,29,34H,3,10,12,21-22,38-39H2,1-2,4-8H3,(H,40,43)/b13-9-/t29-,34?/m1/s1. The number of carbonyl (C=O) groups is 1. The molecule has 5 N–H and O–H groups in total. The summed E-state index contributed by atoms with van der Waals surface area (Å²) >= 11 is 1.68. The smallest absolute Gasteiger partial charge is 0.254 e. The van der Waals surface area contributed by atoms with E-state index in [0.717, 1.165) is 46.0 Å². The van der Waals surface area contributed by atoms with Crippen LogP contribution in [0.25, 0.3) is 0 Å². The SMILES string of the molecule is C=CC1=C(/C=C\C)O[C@H](CC)CN(Cc2cc(C(c3ccc(N(N)CC)c(N)c3C)C(C)(C)NC(=O)c3ccoc3)ccc2C)S1. The number of allylic oxidation sites excluding steroid dienone is 3. The number of rotatable bonds is 12. The van der Waals surface area contributed by atoms with Crippen LogP contribution in [0.3, 0.4) is 0 Å². The van der Waals surface area contributed by atoms with Gasteiger partial charge in [0.2, 0.25) is 0 Å². The number of nitrogens with one attached hydrogen (secondary N) is 1. The van der Waals surface area contributed by atoms with Crippen LogP contribution in [0.2, 0.25) is 0 Å². The van der Waals surface area contributed by atoms with Gasteiger partial charge in [0.1, 0.15) is 18.1 Å². The molecule has 2 atom stereocenters. The van der Waals surface area contributed by atoms with Crippen LogP contribution in [-0.4, -0.2) is 34.9 Å². The molecule has 2 aromatic carbocycles. The third-order valence-corrected chi connectivity index (χ3v) is 9.72. The third-order valence-electron chi connectivity index (χ3n) is 8.62. The van der Waals surface area contributed by atoms with Crippen molar-refractivity contribution in [1.29, 1.82) is 0 Å². The molecule has 46 heavy (non-hydrogen) atoms. The number of ether oxygens (including phenoxy) is 1. The predicted molar refractivity (Wildman–Crippen MR) is 191 cm³/mol. The maximum Gasteiger partial charge on any atom is 0.254 e. The Morgan fingerprint density at radius 2 is 2.00 bits per heavy atom. The van der Waals surface area contributed by atoms with Gasteiger partial charge in [-0.3, -0.25) is 4.79 Å². The first-order valence-corrected chi connectivity index (χ1v) is 16.7. The number of nitrogen functional groups attached to an aromatic ring is 1. The molecule has 0 saturated carbocycles. The number of hydrazine groups is 1. The molecular weight excluding hydrogens is 595 g/mol. The fraction of sp³-hybridized carbons (Fsp3) is 0.378. The van der Waals surface area contributed by atoms with Gasteiger partial charge < -0.3 is 25.2 Å². The van der Waals surface area contributed by atoms with Gasteiger partial charge in [0.15, 0.2) is 0 Å². The van der Waals surface area contributed by atoms with Crippen molar-refractivity contribution in [2.75, 3.05) is 23.8 Å². The average Bonchev–Trinajstić information content (AvgIpc) is 3.52. The molecule has 2 heterocycles. The van der Waals surface area contributed by atoms with Gasteiger partial charge in [-0.1, -0.05) is 49.9 Å². The van der Waals surface area contributed by atoms with Crippen LogP contribution < -0.4 is 21.9 Å². The van der Waals surface area contributed by atoms with Gasteiger partial charge in [-0.25, -0.2) is 10.1 Å². The summed E-state index contributed by atoms with van der Waals surface area (Å²) in [5.41, 5.74) is 13.3. The molecule has 9 heteroatoms. The number of benzene rings is 2. The Morgan fingerprint density at radius 3 is 2.63 bits per heavy atom. The molecule has 0 aliphatic carbocycles. The summed E-state index contributed by atoms with van der Waals surface area (Å²) in [6.45, 7) is 20.6. The van der Waals surface area contributed by atoms with Gasteiger partial charge in [-0.15, -0.1) is 0 Å². The Hall–Kier alpha value is -3.92. The fourth-order valence-electron chi connectivity index (χ4n) is 5.95. The summed E-state index contributed by atoms with van der Waals surface area (Å²) in [5, 5.41) is 4.94. The second-order valence-electron chi connectivity index (χ2n) is 12.3. The molecule has 1 unspecified atom stereocenters. The first-order valence-electron chi connectivity index (χ1n) is 15.9. The molecule has 8 nitrogen and oxygen atoms in total. The van der Waals surface area contributed by atoms with Gasteiger partial charge >= 0.3 is 0 Å². The van der Waals surface area contributed by atoms with Crippen LogP contribution in [-0.2, 0) is 11.3 Å². The maximum absolute atomic E-state index is 13.4. The van der Waals surface area contributed by atoms with E-state index in [1.165, 1.54) is 23.7 Å². The quantitative estimate of drug-likeness (QED) is 0.0796. The van der Waals surface area contributed by atoms with Gasteiger partial charge in [0.25, 0.3) is 5.91 Å². The van der Waals surface area contributed by atoms with E-state index in [1.807, 2.05) is 45.1 Å². The summed E-state index contributed by atoms with van der Waals surface area (Å²) in [6.07, 6.45) is 9.79. The van der Waals surface area contributed by atoms with E-state index in [2.05, 4.69) is 68.2 Å². The minimum atomic E-state index is -0.717. The van der Waals surface area contributed by atoms with Crippen molar-refractivity contribution < 1.29 is 13.9 Å². The lowest BCUT2D eigenvalue weighted by atomic mass is 9.74. The van der Waals surface area contributed by atoms with E-state index in [-0.39, 0.29) is 17.9 Å². The number of aryl methyl sites for hydroxylation is 1. The lowest BCUT2D eigenvalue weighted by molar-refractivity contribution is 0.0905. The second kappa shape index (κ2) is 15.1. The van der Waals surface area contributed by atoms with Crippen molar-refractivity contribution in [3.05, 3.63) is 118 Å². The Bertz CT molecular complexity index is 1590. The minimum Gasteiger partial charge on any atom is -0.488 e. The van der Waals surface area contributed by atoms with E-state index in [0.29, 0.717) is 24.3 Å². The molecule has 0 spiro atoms. The van der Waals surface area contributed by atoms with Gasteiger partial charge in [-0.05, 0) is 106 Å². The molecule has 0 bridgehead atoms. The zero-order valence-corrected chi connectivity index (χ0v) is 29.0. The van der Waals surface area contributed by atoms with Gasteiger partial charge in [0, 0.05) is 31.1 Å². The maximum atomic E-state index is 13.4. The Kier molecular flexibility index (Phi) is 11.5. The Morgan fingerprint density at radius 1 is 1.24 bits per heavy atom. The highest BCUT2D eigenvalue weighted by Crippen LogP contribution is 2.42. The first-order chi connectivity index (χ1) is 21.9. The fourth-order valence-corrected chi connectivity index (χ4v) is 6.96.